The Kier molecular flexibility index (Phi) is 5.29. The van der Waals surface area contributed by atoms with Gasteiger partial charge in [-0.05, 0) is 24.0 Å². The number of nitrogens with zero attached hydrogens (tertiary/aromatic N) is 2. The van der Waals surface area contributed by atoms with Crippen LogP contribution in [0.25, 0.3) is 0 Å². The van der Waals surface area contributed by atoms with Gasteiger partial charge in [0.1, 0.15) is 0 Å². The first kappa shape index (κ1) is 16.2. The second kappa shape index (κ2) is 6.53. The zero-order chi connectivity index (χ0) is 15.3. The van der Waals surface area contributed by atoms with Gasteiger partial charge in [-0.2, -0.15) is 5.26 Å². The summed E-state index contributed by atoms with van der Waals surface area (Å²) in [7, 11) is 0. The monoisotopic (exact) mass is 273 g/mol. The van der Waals surface area contributed by atoms with Crippen molar-refractivity contribution in [2.75, 3.05) is 6.54 Å². The van der Waals surface area contributed by atoms with Crippen LogP contribution >= 0.6 is 0 Å². The van der Waals surface area contributed by atoms with Crippen LogP contribution in [0.3, 0.4) is 0 Å². The normalized spacial score (nSPS) is 12.6. The molecule has 20 heavy (non-hydrogen) atoms. The molecular formula is C16H23N3O. The van der Waals surface area contributed by atoms with Gasteiger partial charge in [0.05, 0.1) is 17.7 Å². The number of rotatable bonds is 4. The minimum Gasteiger partial charge on any atom is -0.337 e. The molecule has 1 rings (SSSR count). The minimum atomic E-state index is -0.545. The van der Waals surface area contributed by atoms with Crippen LogP contribution in [0.4, 0.5) is 0 Å². The topological polar surface area (TPSA) is 70.1 Å². The third kappa shape index (κ3) is 3.82. The molecule has 108 valence electrons. The molecule has 1 atom stereocenters. The molecule has 1 amide bonds. The molecule has 0 aromatic heterocycles. The number of amides is 1. The Morgan fingerprint density at radius 3 is 2.50 bits per heavy atom. The fraction of sp³-hybridized carbons (Fsp3) is 0.500. The van der Waals surface area contributed by atoms with Crippen LogP contribution in [0.1, 0.15) is 38.8 Å². The van der Waals surface area contributed by atoms with E-state index in [0.29, 0.717) is 18.7 Å². The molecular weight excluding hydrogens is 250 g/mol. The summed E-state index contributed by atoms with van der Waals surface area (Å²) < 4.78 is 0. The Morgan fingerprint density at radius 1 is 1.40 bits per heavy atom. The predicted octanol–water partition coefficient (Wildman–Crippen LogP) is 2.28. The quantitative estimate of drug-likeness (QED) is 0.915. The molecule has 0 unspecified atom stereocenters. The summed E-state index contributed by atoms with van der Waals surface area (Å²) in [5.74, 6) is -0.0762. The van der Waals surface area contributed by atoms with Crippen molar-refractivity contribution < 1.29 is 4.79 Å². The second-order valence-corrected chi connectivity index (χ2v) is 5.97. The molecule has 2 N–H and O–H groups in total. The van der Waals surface area contributed by atoms with Crippen LogP contribution in [-0.4, -0.2) is 23.4 Å². The second-order valence-electron chi connectivity index (χ2n) is 5.97. The lowest BCUT2D eigenvalue weighted by molar-refractivity contribution is -0.135. The molecule has 0 aliphatic carbocycles. The molecule has 0 aliphatic heterocycles. The molecule has 0 saturated carbocycles. The molecule has 4 nitrogen and oxygen atoms in total. The van der Waals surface area contributed by atoms with Gasteiger partial charge in [0.25, 0.3) is 0 Å². The lowest BCUT2D eigenvalue weighted by Gasteiger charge is -2.31. The van der Waals surface area contributed by atoms with Crippen LogP contribution in [0.15, 0.2) is 24.3 Å². The highest BCUT2D eigenvalue weighted by molar-refractivity contribution is 5.82. The Labute approximate surface area is 121 Å². The van der Waals surface area contributed by atoms with Gasteiger partial charge >= 0.3 is 0 Å². The number of carbonyl (C=O) groups excluding carboxylic acids is 1. The standard InChI is InChI=1S/C16H23N3O/c1-5-19(15(20)14(18)16(2,3)4)11-13-9-7-6-8-12(13)10-17/h6-9,14H,5,11,18H2,1-4H3/t14-/m0/s1. The maximum absolute atomic E-state index is 12.4. The SMILES string of the molecule is CCN(Cc1ccccc1C#N)C(=O)[C@H](N)C(C)(C)C. The molecule has 1 aromatic rings. The summed E-state index contributed by atoms with van der Waals surface area (Å²) >= 11 is 0. The van der Waals surface area contributed by atoms with Crippen LogP contribution in [-0.2, 0) is 11.3 Å². The smallest absolute Gasteiger partial charge is 0.240 e. The number of hydrogen-bond donors (Lipinski definition) is 1. The number of carbonyl (C=O) groups is 1. The van der Waals surface area contributed by atoms with Crippen molar-refractivity contribution in [1.29, 1.82) is 5.26 Å². The summed E-state index contributed by atoms with van der Waals surface area (Å²) in [4.78, 5) is 14.1. The van der Waals surface area contributed by atoms with Crippen molar-refractivity contribution in [3.05, 3.63) is 35.4 Å². The predicted molar refractivity (Wildman–Crippen MR) is 79.7 cm³/mol. The average Bonchev–Trinajstić information content (AvgIpc) is 2.42. The van der Waals surface area contributed by atoms with E-state index < -0.39 is 6.04 Å². The van der Waals surface area contributed by atoms with Gasteiger partial charge in [0.2, 0.25) is 5.91 Å². The largest absolute Gasteiger partial charge is 0.337 e. The van der Waals surface area contributed by atoms with Crippen molar-refractivity contribution in [3.63, 3.8) is 0 Å². The Hall–Kier alpha value is -1.86. The maximum atomic E-state index is 12.4. The van der Waals surface area contributed by atoms with E-state index in [1.165, 1.54) is 0 Å². The summed E-state index contributed by atoms with van der Waals surface area (Å²) in [5, 5.41) is 9.10. The minimum absolute atomic E-state index is 0.0762. The van der Waals surface area contributed by atoms with E-state index in [1.54, 1.807) is 11.0 Å². The van der Waals surface area contributed by atoms with Gasteiger partial charge in [-0.3, -0.25) is 4.79 Å². The molecule has 0 heterocycles. The summed E-state index contributed by atoms with van der Waals surface area (Å²) in [6, 6.07) is 8.94. The number of likely N-dealkylation sites (N-methyl/N-ethyl adjacent to an activating group) is 1. The molecule has 0 bridgehead atoms. The summed E-state index contributed by atoms with van der Waals surface area (Å²) in [6.07, 6.45) is 0. The van der Waals surface area contributed by atoms with Crippen LogP contribution in [0, 0.1) is 16.7 Å². The van der Waals surface area contributed by atoms with Gasteiger partial charge in [-0.15, -0.1) is 0 Å². The first-order valence-corrected chi connectivity index (χ1v) is 6.83. The fourth-order valence-corrected chi connectivity index (χ4v) is 1.89. The average molecular weight is 273 g/mol. The lowest BCUT2D eigenvalue weighted by atomic mass is 9.86. The van der Waals surface area contributed by atoms with Crippen molar-refractivity contribution >= 4 is 5.91 Å². The van der Waals surface area contributed by atoms with E-state index in [0.717, 1.165) is 5.56 Å². The van der Waals surface area contributed by atoms with Gasteiger partial charge < -0.3 is 10.6 Å². The zero-order valence-electron chi connectivity index (χ0n) is 12.7. The van der Waals surface area contributed by atoms with E-state index >= 15 is 0 Å². The summed E-state index contributed by atoms with van der Waals surface area (Å²) in [5.41, 5.74) is 7.21. The molecule has 4 heteroatoms. The van der Waals surface area contributed by atoms with Crippen molar-refractivity contribution in [2.45, 2.75) is 40.3 Å². The highest BCUT2D eigenvalue weighted by Crippen LogP contribution is 2.20. The van der Waals surface area contributed by atoms with Gasteiger partial charge in [0.15, 0.2) is 0 Å². The van der Waals surface area contributed by atoms with E-state index in [4.69, 9.17) is 11.0 Å². The van der Waals surface area contributed by atoms with Gasteiger partial charge in [-0.1, -0.05) is 39.0 Å². The molecule has 0 aliphatic rings. The van der Waals surface area contributed by atoms with Crippen LogP contribution in [0.2, 0.25) is 0 Å². The summed E-state index contributed by atoms with van der Waals surface area (Å²) in [6.45, 7) is 8.76. The zero-order valence-corrected chi connectivity index (χ0v) is 12.7. The molecule has 0 spiro atoms. The van der Waals surface area contributed by atoms with Gasteiger partial charge in [-0.25, -0.2) is 0 Å². The highest BCUT2D eigenvalue weighted by Gasteiger charge is 2.30. The third-order valence-corrected chi connectivity index (χ3v) is 3.39. The first-order valence-electron chi connectivity index (χ1n) is 6.83. The van der Waals surface area contributed by atoms with Gasteiger partial charge in [0, 0.05) is 13.1 Å². The Morgan fingerprint density at radius 2 is 2.00 bits per heavy atom. The highest BCUT2D eigenvalue weighted by atomic mass is 16.2. The Balaban J connectivity index is 2.93. The number of hydrogen-bond acceptors (Lipinski definition) is 3. The lowest BCUT2D eigenvalue weighted by Crippen LogP contribution is -2.50. The Bertz CT molecular complexity index is 511. The first-order chi connectivity index (χ1) is 9.31. The third-order valence-electron chi connectivity index (χ3n) is 3.39. The number of benzene rings is 1. The van der Waals surface area contributed by atoms with Crippen molar-refractivity contribution in [3.8, 4) is 6.07 Å². The van der Waals surface area contributed by atoms with E-state index in [-0.39, 0.29) is 11.3 Å². The van der Waals surface area contributed by atoms with Crippen LogP contribution < -0.4 is 5.73 Å². The maximum Gasteiger partial charge on any atom is 0.240 e. The fourth-order valence-electron chi connectivity index (χ4n) is 1.89. The molecule has 0 saturated heterocycles. The number of nitriles is 1. The molecule has 0 radical (unpaired) electrons. The van der Waals surface area contributed by atoms with E-state index in [1.807, 2.05) is 45.9 Å². The van der Waals surface area contributed by atoms with E-state index in [2.05, 4.69) is 6.07 Å². The molecule has 1 aromatic carbocycles. The van der Waals surface area contributed by atoms with Crippen LogP contribution in [0.5, 0.6) is 0 Å². The molecule has 0 fully saturated rings. The van der Waals surface area contributed by atoms with Crippen molar-refractivity contribution in [1.82, 2.24) is 4.90 Å². The number of nitrogens with two attached hydrogens (primary N) is 1. The van der Waals surface area contributed by atoms with E-state index in [9.17, 15) is 4.79 Å². The van der Waals surface area contributed by atoms with Crippen molar-refractivity contribution in [2.24, 2.45) is 11.1 Å².